The molecule has 2 aromatic heterocycles. The number of fused-ring (bicyclic) bond motifs is 1. The molecule has 0 spiro atoms. The summed E-state index contributed by atoms with van der Waals surface area (Å²) < 4.78 is 7.30. The van der Waals surface area contributed by atoms with E-state index in [1.54, 1.807) is 35.0 Å². The van der Waals surface area contributed by atoms with E-state index in [4.69, 9.17) is 33.7 Å². The van der Waals surface area contributed by atoms with Crippen molar-refractivity contribution in [3.05, 3.63) is 46.8 Å². The lowest BCUT2D eigenvalue weighted by atomic mass is 10.3. The van der Waals surface area contributed by atoms with E-state index >= 15 is 0 Å². The van der Waals surface area contributed by atoms with Crippen molar-refractivity contribution in [2.45, 2.75) is 0 Å². The second-order valence-corrected chi connectivity index (χ2v) is 4.66. The lowest BCUT2D eigenvalue weighted by molar-refractivity contribution is 0.482. The average molecular weight is 295 g/mol. The number of hydrogen-bond donors (Lipinski definition) is 1. The van der Waals surface area contributed by atoms with E-state index in [9.17, 15) is 0 Å². The van der Waals surface area contributed by atoms with E-state index in [0.717, 1.165) is 0 Å². The number of halogens is 2. The van der Waals surface area contributed by atoms with E-state index in [2.05, 4.69) is 10.1 Å². The zero-order chi connectivity index (χ0) is 13.4. The molecular formula is C12H8Cl2N4O. The first-order chi connectivity index (χ1) is 9.13. The fraction of sp³-hybridized carbons (Fsp3) is 0. The third-order valence-corrected chi connectivity index (χ3v) is 3.05. The number of pyridine rings is 1. The van der Waals surface area contributed by atoms with Crippen LogP contribution in [-0.4, -0.2) is 14.6 Å². The molecule has 0 unspecified atom stereocenters. The number of anilines is 1. The summed E-state index contributed by atoms with van der Waals surface area (Å²) in [4.78, 5) is 4.07. The van der Waals surface area contributed by atoms with Gasteiger partial charge >= 0.3 is 0 Å². The Labute approximate surface area is 118 Å². The summed E-state index contributed by atoms with van der Waals surface area (Å²) in [6.07, 6.45) is 3.19. The highest BCUT2D eigenvalue weighted by atomic mass is 35.5. The minimum atomic E-state index is 0.353. The number of aromatic nitrogens is 3. The SMILES string of the molecule is Nc1cc(Cl)c(Oc2ccn3ncnc3c2)c(Cl)c1. The van der Waals surface area contributed by atoms with Crippen molar-refractivity contribution in [1.29, 1.82) is 0 Å². The third-order valence-electron chi connectivity index (χ3n) is 2.49. The molecule has 0 saturated carbocycles. The summed E-state index contributed by atoms with van der Waals surface area (Å²) in [6.45, 7) is 0. The van der Waals surface area contributed by atoms with Crippen LogP contribution in [0.5, 0.6) is 11.5 Å². The van der Waals surface area contributed by atoms with E-state index in [1.807, 2.05) is 0 Å². The Morgan fingerprint density at radius 2 is 1.89 bits per heavy atom. The first-order valence-electron chi connectivity index (χ1n) is 5.35. The minimum Gasteiger partial charge on any atom is -0.454 e. The summed E-state index contributed by atoms with van der Waals surface area (Å²) in [6, 6.07) is 6.64. The molecule has 2 N–H and O–H groups in total. The summed E-state index contributed by atoms with van der Waals surface area (Å²) in [5.74, 6) is 0.926. The van der Waals surface area contributed by atoms with E-state index < -0.39 is 0 Å². The quantitative estimate of drug-likeness (QED) is 0.736. The Bertz CT molecular complexity index is 733. The van der Waals surface area contributed by atoms with Crippen LogP contribution in [0.15, 0.2) is 36.8 Å². The number of nitrogens with zero attached hydrogens (tertiary/aromatic N) is 3. The molecule has 0 fully saturated rings. The maximum absolute atomic E-state index is 6.06. The normalized spacial score (nSPS) is 10.8. The molecule has 0 atom stereocenters. The predicted octanol–water partition coefficient (Wildman–Crippen LogP) is 3.41. The van der Waals surface area contributed by atoms with Crippen molar-refractivity contribution in [3.8, 4) is 11.5 Å². The molecule has 0 aliphatic heterocycles. The summed E-state index contributed by atoms with van der Waals surface area (Å²) >= 11 is 12.1. The lowest BCUT2D eigenvalue weighted by Crippen LogP contribution is -1.92. The molecule has 5 nitrogen and oxygen atoms in total. The molecule has 3 rings (SSSR count). The van der Waals surface area contributed by atoms with Gasteiger partial charge in [0.25, 0.3) is 0 Å². The molecule has 7 heteroatoms. The van der Waals surface area contributed by atoms with Crippen LogP contribution in [-0.2, 0) is 0 Å². The molecule has 96 valence electrons. The Hall–Kier alpha value is -1.98. The van der Waals surface area contributed by atoms with E-state index in [0.29, 0.717) is 32.9 Å². The van der Waals surface area contributed by atoms with Crippen LogP contribution >= 0.6 is 23.2 Å². The van der Waals surface area contributed by atoms with Crippen molar-refractivity contribution in [3.63, 3.8) is 0 Å². The molecule has 0 radical (unpaired) electrons. The van der Waals surface area contributed by atoms with Crippen molar-refractivity contribution in [1.82, 2.24) is 14.6 Å². The molecule has 19 heavy (non-hydrogen) atoms. The molecule has 1 aromatic carbocycles. The van der Waals surface area contributed by atoms with Gasteiger partial charge in [0.1, 0.15) is 12.1 Å². The Balaban J connectivity index is 2.00. The highest BCUT2D eigenvalue weighted by molar-refractivity contribution is 6.37. The van der Waals surface area contributed by atoms with Gasteiger partial charge in [0.2, 0.25) is 0 Å². The number of nitrogen functional groups attached to an aromatic ring is 1. The van der Waals surface area contributed by atoms with E-state index in [1.165, 1.54) is 6.33 Å². The van der Waals surface area contributed by atoms with Gasteiger partial charge in [-0.15, -0.1) is 0 Å². The van der Waals surface area contributed by atoms with Gasteiger partial charge in [0.15, 0.2) is 11.4 Å². The molecule has 3 aromatic rings. The van der Waals surface area contributed by atoms with E-state index in [-0.39, 0.29) is 0 Å². The molecule has 0 aliphatic rings. The maximum atomic E-state index is 6.06. The van der Waals surface area contributed by atoms with Gasteiger partial charge < -0.3 is 10.5 Å². The van der Waals surface area contributed by atoms with Gasteiger partial charge in [0.05, 0.1) is 10.0 Å². The monoisotopic (exact) mass is 294 g/mol. The molecule has 2 heterocycles. The van der Waals surface area contributed by atoms with Crippen molar-refractivity contribution in [2.75, 3.05) is 5.73 Å². The predicted molar refractivity (Wildman–Crippen MR) is 73.9 cm³/mol. The largest absolute Gasteiger partial charge is 0.454 e. The lowest BCUT2D eigenvalue weighted by Gasteiger charge is -2.10. The van der Waals surface area contributed by atoms with Gasteiger partial charge in [-0.3, -0.25) is 0 Å². The molecule has 0 amide bonds. The highest BCUT2D eigenvalue weighted by Crippen LogP contribution is 2.38. The number of ether oxygens (including phenoxy) is 1. The van der Waals surface area contributed by atoms with Gasteiger partial charge in [-0.1, -0.05) is 23.2 Å². The first-order valence-corrected chi connectivity index (χ1v) is 6.11. The molecule has 0 bridgehead atoms. The van der Waals surface area contributed by atoms with Crippen LogP contribution in [0.2, 0.25) is 10.0 Å². The number of benzene rings is 1. The van der Waals surface area contributed by atoms with Crippen molar-refractivity contribution < 1.29 is 4.74 Å². The second-order valence-electron chi connectivity index (χ2n) is 3.84. The Morgan fingerprint density at radius 1 is 1.16 bits per heavy atom. The Kier molecular flexibility index (Phi) is 2.93. The summed E-state index contributed by atoms with van der Waals surface area (Å²) in [7, 11) is 0. The van der Waals surface area contributed by atoms with Crippen LogP contribution < -0.4 is 10.5 Å². The van der Waals surface area contributed by atoms with Gasteiger partial charge in [-0.25, -0.2) is 9.50 Å². The molecule has 0 aliphatic carbocycles. The first kappa shape index (κ1) is 12.1. The standard InChI is InChI=1S/C12H8Cl2N4O/c13-9-3-7(15)4-10(14)12(9)19-8-1-2-18-11(5-8)16-6-17-18/h1-6H,15H2. The fourth-order valence-corrected chi connectivity index (χ4v) is 2.24. The van der Waals surface area contributed by atoms with Crippen LogP contribution in [0.1, 0.15) is 0 Å². The van der Waals surface area contributed by atoms with Gasteiger partial charge in [0, 0.05) is 18.0 Å². The van der Waals surface area contributed by atoms with Gasteiger partial charge in [-0.2, -0.15) is 5.10 Å². The van der Waals surface area contributed by atoms with Crippen LogP contribution in [0, 0.1) is 0 Å². The number of nitrogens with two attached hydrogens (primary N) is 1. The zero-order valence-electron chi connectivity index (χ0n) is 9.55. The smallest absolute Gasteiger partial charge is 0.164 e. The van der Waals surface area contributed by atoms with Crippen LogP contribution in [0.4, 0.5) is 5.69 Å². The topological polar surface area (TPSA) is 65.4 Å². The zero-order valence-corrected chi connectivity index (χ0v) is 11.1. The molecule has 0 saturated heterocycles. The summed E-state index contributed by atoms with van der Waals surface area (Å²) in [5.41, 5.74) is 6.78. The highest BCUT2D eigenvalue weighted by Gasteiger charge is 2.10. The number of rotatable bonds is 2. The average Bonchev–Trinajstić information content (AvgIpc) is 2.81. The number of hydrogen-bond acceptors (Lipinski definition) is 4. The van der Waals surface area contributed by atoms with Crippen LogP contribution in [0.3, 0.4) is 0 Å². The molecular weight excluding hydrogens is 287 g/mol. The third kappa shape index (κ3) is 2.30. The van der Waals surface area contributed by atoms with Crippen LogP contribution in [0.25, 0.3) is 5.65 Å². The summed E-state index contributed by atoms with van der Waals surface area (Å²) in [5, 5.41) is 4.70. The van der Waals surface area contributed by atoms with Crippen molar-refractivity contribution >= 4 is 34.5 Å². The van der Waals surface area contributed by atoms with Crippen molar-refractivity contribution in [2.24, 2.45) is 0 Å². The fourth-order valence-electron chi connectivity index (χ4n) is 1.65. The Morgan fingerprint density at radius 3 is 2.63 bits per heavy atom. The second kappa shape index (κ2) is 4.60. The minimum absolute atomic E-state index is 0.353. The maximum Gasteiger partial charge on any atom is 0.164 e. The van der Waals surface area contributed by atoms with Gasteiger partial charge in [-0.05, 0) is 18.2 Å².